The Morgan fingerprint density at radius 1 is 2.00 bits per heavy atom. The van der Waals surface area contributed by atoms with E-state index in [1.54, 1.807) is 0 Å². The minimum Gasteiger partial charge on any atom is -0.481 e. The van der Waals surface area contributed by atoms with Gasteiger partial charge >= 0.3 is 0 Å². The van der Waals surface area contributed by atoms with Crippen LogP contribution in [0.4, 0.5) is 0 Å². The Balaban J connectivity index is 0. The summed E-state index contributed by atoms with van der Waals surface area (Å²) in [4.78, 5) is 9.00. The molecule has 3 N–H and O–H groups in total. The van der Waals surface area contributed by atoms with Crippen LogP contribution in [0, 0.1) is 6.92 Å². The molecule has 0 amide bonds. The van der Waals surface area contributed by atoms with Crippen LogP contribution >= 0.6 is 0 Å². The highest BCUT2D eigenvalue weighted by Crippen LogP contribution is 1.42. The van der Waals surface area contributed by atoms with Crippen LogP contribution in [0.5, 0.6) is 0 Å². The zero-order valence-electron chi connectivity index (χ0n) is 4.35. The van der Waals surface area contributed by atoms with Crippen molar-refractivity contribution in [1.29, 1.82) is 0 Å². The maximum Gasteiger partial charge on any atom is 0.300 e. The normalized spacial score (nSPS) is 6.14. The van der Waals surface area contributed by atoms with Crippen molar-refractivity contribution in [2.24, 2.45) is 5.73 Å². The second-order valence-electron chi connectivity index (χ2n) is 0.808. The summed E-state index contributed by atoms with van der Waals surface area (Å²) in [5, 5.41) is 7.42. The van der Waals surface area contributed by atoms with Gasteiger partial charge in [-0.3, -0.25) is 4.79 Å². The number of carboxylic acid groups (broad SMARTS) is 1. The molecule has 0 aromatic carbocycles. The monoisotopic (exact) mass is 104 g/mol. The molecule has 0 aromatic rings. The van der Waals surface area contributed by atoms with Crippen molar-refractivity contribution in [3.05, 3.63) is 6.92 Å². The second-order valence-corrected chi connectivity index (χ2v) is 0.808. The molecule has 0 fully saturated rings. The molecule has 0 saturated heterocycles. The predicted octanol–water partition coefficient (Wildman–Crippen LogP) is -0.130. The van der Waals surface area contributed by atoms with Crippen molar-refractivity contribution >= 4 is 5.97 Å². The molecule has 0 heterocycles. The standard InChI is InChI=1S/C2H6N.C2H4O2/c1-2-3;1-2(3)4/h1-3H2;1H3,(H,3,4). The summed E-state index contributed by atoms with van der Waals surface area (Å²) in [6.07, 6.45) is 0. The Labute approximate surface area is 43.1 Å². The largest absolute Gasteiger partial charge is 0.481 e. The second kappa shape index (κ2) is 9.06. The van der Waals surface area contributed by atoms with Crippen molar-refractivity contribution in [1.82, 2.24) is 0 Å². The third-order valence-electron chi connectivity index (χ3n) is 0. The highest BCUT2D eigenvalue weighted by atomic mass is 16.4. The zero-order chi connectivity index (χ0) is 6.28. The SMILES string of the molecule is CC(=O)O.[CH2]CN. The van der Waals surface area contributed by atoms with Gasteiger partial charge < -0.3 is 10.8 Å². The van der Waals surface area contributed by atoms with E-state index in [1.807, 2.05) is 0 Å². The fourth-order valence-electron chi connectivity index (χ4n) is 0. The fraction of sp³-hybridized carbons (Fsp3) is 0.500. The van der Waals surface area contributed by atoms with Crippen molar-refractivity contribution in [2.75, 3.05) is 6.54 Å². The number of hydrogen-bond acceptors (Lipinski definition) is 2. The summed E-state index contributed by atoms with van der Waals surface area (Å²) in [7, 11) is 0. The van der Waals surface area contributed by atoms with Crippen LogP contribution < -0.4 is 5.73 Å². The number of nitrogens with two attached hydrogens (primary N) is 1. The molecule has 0 aliphatic rings. The van der Waals surface area contributed by atoms with Crippen LogP contribution in [0.15, 0.2) is 0 Å². The molecule has 0 spiro atoms. The van der Waals surface area contributed by atoms with E-state index in [0.717, 1.165) is 6.92 Å². The van der Waals surface area contributed by atoms with Crippen LogP contribution in [0.1, 0.15) is 6.92 Å². The Kier molecular flexibility index (Phi) is 12.5. The van der Waals surface area contributed by atoms with Crippen LogP contribution in [-0.2, 0) is 4.79 Å². The number of aliphatic carboxylic acids is 1. The van der Waals surface area contributed by atoms with Gasteiger partial charge in [0.15, 0.2) is 0 Å². The summed E-state index contributed by atoms with van der Waals surface area (Å²) < 4.78 is 0. The lowest BCUT2D eigenvalue weighted by Gasteiger charge is -1.59. The highest BCUT2D eigenvalue weighted by Gasteiger charge is 1.65. The van der Waals surface area contributed by atoms with Gasteiger partial charge in [0.1, 0.15) is 0 Å². The number of rotatable bonds is 0. The minimum atomic E-state index is -0.833. The lowest BCUT2D eigenvalue weighted by Crippen LogP contribution is -1.88. The van der Waals surface area contributed by atoms with Gasteiger partial charge in [-0.05, 0) is 13.5 Å². The fourth-order valence-corrected chi connectivity index (χ4v) is 0. The molecule has 1 radical (unpaired) electrons. The smallest absolute Gasteiger partial charge is 0.300 e. The molecule has 0 rings (SSSR count). The molecular weight excluding hydrogens is 94.0 g/mol. The lowest BCUT2D eigenvalue weighted by atomic mass is 10.8. The van der Waals surface area contributed by atoms with Gasteiger partial charge in [-0.15, -0.1) is 0 Å². The summed E-state index contributed by atoms with van der Waals surface area (Å²) in [6, 6.07) is 0. The topological polar surface area (TPSA) is 63.3 Å². The molecule has 7 heavy (non-hydrogen) atoms. The quantitative estimate of drug-likeness (QED) is 0.450. The first-order valence-corrected chi connectivity index (χ1v) is 1.84. The first-order chi connectivity index (χ1) is 3.15. The Bertz CT molecular complexity index is 41.0. The van der Waals surface area contributed by atoms with Gasteiger partial charge in [-0.1, -0.05) is 0 Å². The van der Waals surface area contributed by atoms with E-state index >= 15 is 0 Å². The number of carboxylic acids is 1. The first-order valence-electron chi connectivity index (χ1n) is 1.84. The van der Waals surface area contributed by atoms with E-state index in [2.05, 4.69) is 6.92 Å². The highest BCUT2D eigenvalue weighted by molar-refractivity contribution is 5.62. The van der Waals surface area contributed by atoms with Gasteiger partial charge in [0, 0.05) is 6.92 Å². The molecule has 0 aliphatic carbocycles. The number of hydrogen-bond donors (Lipinski definition) is 2. The van der Waals surface area contributed by atoms with Crippen LogP contribution in [0.3, 0.4) is 0 Å². The summed E-state index contributed by atoms with van der Waals surface area (Å²) in [6.45, 7) is 4.85. The van der Waals surface area contributed by atoms with E-state index < -0.39 is 5.97 Å². The van der Waals surface area contributed by atoms with Crippen LogP contribution in [0.25, 0.3) is 0 Å². The first kappa shape index (κ1) is 9.66. The van der Waals surface area contributed by atoms with Gasteiger partial charge in [-0.25, -0.2) is 0 Å². The van der Waals surface area contributed by atoms with Crippen LogP contribution in [0.2, 0.25) is 0 Å². The minimum absolute atomic E-state index is 0.500. The van der Waals surface area contributed by atoms with E-state index in [-0.39, 0.29) is 0 Å². The third kappa shape index (κ3) is 197. The Morgan fingerprint density at radius 3 is 2.00 bits per heavy atom. The van der Waals surface area contributed by atoms with Gasteiger partial charge in [-0.2, -0.15) is 0 Å². The molecule has 3 nitrogen and oxygen atoms in total. The van der Waals surface area contributed by atoms with Crippen LogP contribution in [-0.4, -0.2) is 17.6 Å². The average molecular weight is 104 g/mol. The average Bonchev–Trinajstić information content (AvgIpc) is 1.33. The third-order valence-corrected chi connectivity index (χ3v) is 0. The van der Waals surface area contributed by atoms with Crippen molar-refractivity contribution in [3.8, 4) is 0 Å². The molecule has 43 valence electrons. The van der Waals surface area contributed by atoms with Gasteiger partial charge in [0.2, 0.25) is 0 Å². The summed E-state index contributed by atoms with van der Waals surface area (Å²) >= 11 is 0. The molecule has 0 aliphatic heterocycles. The van der Waals surface area contributed by atoms with Crippen molar-refractivity contribution in [2.45, 2.75) is 6.92 Å². The maximum absolute atomic E-state index is 9.00. The molecule has 0 atom stereocenters. The van der Waals surface area contributed by atoms with E-state index in [9.17, 15) is 0 Å². The van der Waals surface area contributed by atoms with Crippen molar-refractivity contribution < 1.29 is 9.90 Å². The predicted molar refractivity (Wildman–Crippen MR) is 27.7 cm³/mol. The molecule has 0 aromatic heterocycles. The summed E-state index contributed by atoms with van der Waals surface area (Å²) in [5.41, 5.74) is 4.74. The van der Waals surface area contributed by atoms with Gasteiger partial charge in [0.05, 0.1) is 0 Å². The Hall–Kier alpha value is -0.570. The Morgan fingerprint density at radius 2 is 2.00 bits per heavy atom. The summed E-state index contributed by atoms with van der Waals surface area (Å²) in [5.74, 6) is -0.833. The van der Waals surface area contributed by atoms with Gasteiger partial charge in [0.25, 0.3) is 5.97 Å². The zero-order valence-corrected chi connectivity index (χ0v) is 4.35. The molecule has 3 heteroatoms. The molecular formula is C4H10NO2. The maximum atomic E-state index is 9.00. The molecule has 0 saturated carbocycles. The van der Waals surface area contributed by atoms with E-state index in [0.29, 0.717) is 6.54 Å². The van der Waals surface area contributed by atoms with Crippen molar-refractivity contribution in [3.63, 3.8) is 0 Å². The lowest BCUT2D eigenvalue weighted by molar-refractivity contribution is -0.134. The number of carbonyl (C=O) groups is 1. The molecule has 0 unspecified atom stereocenters. The van der Waals surface area contributed by atoms with E-state index in [4.69, 9.17) is 15.6 Å². The van der Waals surface area contributed by atoms with E-state index in [1.165, 1.54) is 0 Å². The molecule has 0 bridgehead atoms.